The molecule has 0 aliphatic rings. The lowest BCUT2D eigenvalue weighted by atomic mass is 10.4. The summed E-state index contributed by atoms with van der Waals surface area (Å²) in [6.07, 6.45) is 1.09. The number of aliphatic hydroxyl groups is 1. The molecule has 0 spiro atoms. The van der Waals surface area contributed by atoms with E-state index in [0.717, 1.165) is 6.26 Å². The summed E-state index contributed by atoms with van der Waals surface area (Å²) in [5, 5.41) is 8.31. The summed E-state index contributed by atoms with van der Waals surface area (Å²) in [5.41, 5.74) is 5.13. The molecule has 0 aromatic rings. The van der Waals surface area contributed by atoms with E-state index in [9.17, 15) is 8.42 Å². The van der Waals surface area contributed by atoms with Crippen LogP contribution >= 0.6 is 12.4 Å². The van der Waals surface area contributed by atoms with Crippen LogP contribution in [0.1, 0.15) is 0 Å². The minimum absolute atomic E-state index is 0. The first-order valence-corrected chi connectivity index (χ1v) is 4.56. The zero-order valence-corrected chi connectivity index (χ0v) is 7.28. The highest BCUT2D eigenvalue weighted by atomic mass is 35.5. The zero-order valence-electron chi connectivity index (χ0n) is 5.65. The molecular weight excluding hydrogens is 178 g/mol. The van der Waals surface area contributed by atoms with E-state index in [0.29, 0.717) is 0 Å². The Bertz CT molecular complexity index is 167. The van der Waals surface area contributed by atoms with Crippen LogP contribution in [-0.2, 0) is 9.84 Å². The number of hydrogen-bond donors (Lipinski definition) is 2. The zero-order chi connectivity index (χ0) is 7.49. The first-order valence-electron chi connectivity index (χ1n) is 2.50. The van der Waals surface area contributed by atoms with Gasteiger partial charge in [0.05, 0.1) is 12.4 Å². The number of hydrogen-bond acceptors (Lipinski definition) is 4. The van der Waals surface area contributed by atoms with E-state index in [4.69, 9.17) is 10.8 Å². The van der Waals surface area contributed by atoms with Gasteiger partial charge in [0.15, 0.2) is 0 Å². The Balaban J connectivity index is 0. The van der Waals surface area contributed by atoms with Crippen molar-refractivity contribution in [2.24, 2.45) is 5.73 Å². The molecule has 0 bridgehead atoms. The molecule has 0 radical (unpaired) electrons. The molecule has 0 aromatic heterocycles. The number of aliphatic hydroxyl groups excluding tert-OH is 1. The summed E-state index contributed by atoms with van der Waals surface area (Å²) in [5.74, 6) is -0.149. The van der Waals surface area contributed by atoms with E-state index < -0.39 is 15.9 Å². The standard InChI is InChI=1S/C4H11NO3S.ClH/c1-9(7,8)3-4(5)2-6;/h4,6H,2-3,5H2,1H3;1H/t4-;/m0./s1. The lowest BCUT2D eigenvalue weighted by Gasteiger charge is -2.03. The Hall–Kier alpha value is 0.160. The fraction of sp³-hybridized carbons (Fsp3) is 1.00. The van der Waals surface area contributed by atoms with Gasteiger partial charge in [-0.15, -0.1) is 12.4 Å². The van der Waals surface area contributed by atoms with Crippen molar-refractivity contribution in [1.82, 2.24) is 0 Å². The molecule has 0 fully saturated rings. The highest BCUT2D eigenvalue weighted by Gasteiger charge is 2.08. The van der Waals surface area contributed by atoms with Crippen LogP contribution in [0.25, 0.3) is 0 Å². The van der Waals surface area contributed by atoms with Crippen molar-refractivity contribution in [3.8, 4) is 0 Å². The molecule has 0 saturated carbocycles. The first kappa shape index (κ1) is 12.8. The quantitative estimate of drug-likeness (QED) is 0.583. The second-order valence-corrected chi connectivity index (χ2v) is 4.22. The van der Waals surface area contributed by atoms with Gasteiger partial charge in [0.1, 0.15) is 9.84 Å². The molecule has 0 heterocycles. The molecule has 0 aromatic carbocycles. The van der Waals surface area contributed by atoms with Gasteiger partial charge in [-0.3, -0.25) is 0 Å². The second-order valence-electron chi connectivity index (χ2n) is 2.04. The van der Waals surface area contributed by atoms with Gasteiger partial charge in [0.2, 0.25) is 0 Å². The topological polar surface area (TPSA) is 80.4 Å². The number of halogens is 1. The number of rotatable bonds is 3. The van der Waals surface area contributed by atoms with Gasteiger partial charge in [0.25, 0.3) is 0 Å². The molecular formula is C4H12ClNO3S. The number of nitrogens with two attached hydrogens (primary N) is 1. The Morgan fingerprint density at radius 3 is 2.10 bits per heavy atom. The average molecular weight is 190 g/mol. The van der Waals surface area contributed by atoms with Crippen molar-refractivity contribution in [2.45, 2.75) is 6.04 Å². The van der Waals surface area contributed by atoms with E-state index >= 15 is 0 Å². The molecule has 64 valence electrons. The molecule has 4 nitrogen and oxygen atoms in total. The van der Waals surface area contributed by atoms with Crippen LogP contribution in [0.5, 0.6) is 0 Å². The fourth-order valence-corrected chi connectivity index (χ4v) is 1.32. The van der Waals surface area contributed by atoms with Crippen LogP contribution in [-0.4, -0.2) is 38.2 Å². The lowest BCUT2D eigenvalue weighted by Crippen LogP contribution is -2.32. The molecule has 0 rings (SSSR count). The third kappa shape index (κ3) is 8.16. The van der Waals surface area contributed by atoms with E-state index in [1.807, 2.05) is 0 Å². The molecule has 0 aliphatic carbocycles. The summed E-state index contributed by atoms with van der Waals surface area (Å²) in [4.78, 5) is 0. The molecule has 0 aliphatic heterocycles. The SMILES string of the molecule is CS(=O)(=O)C[C@@H](N)CO.Cl. The Morgan fingerprint density at radius 2 is 2.00 bits per heavy atom. The van der Waals surface area contributed by atoms with Crippen molar-refractivity contribution in [3.63, 3.8) is 0 Å². The lowest BCUT2D eigenvalue weighted by molar-refractivity contribution is 0.274. The molecule has 0 amide bonds. The normalized spacial score (nSPS) is 13.9. The van der Waals surface area contributed by atoms with E-state index in [2.05, 4.69) is 0 Å². The van der Waals surface area contributed by atoms with Gasteiger partial charge >= 0.3 is 0 Å². The molecule has 3 N–H and O–H groups in total. The molecule has 6 heteroatoms. The molecule has 0 saturated heterocycles. The second kappa shape index (κ2) is 4.90. The van der Waals surface area contributed by atoms with Crippen LogP contribution < -0.4 is 5.73 Å². The van der Waals surface area contributed by atoms with Crippen molar-refractivity contribution in [2.75, 3.05) is 18.6 Å². The van der Waals surface area contributed by atoms with Crippen molar-refractivity contribution in [3.05, 3.63) is 0 Å². The van der Waals surface area contributed by atoms with Crippen LogP contribution in [0, 0.1) is 0 Å². The molecule has 1 atom stereocenters. The summed E-state index contributed by atoms with van der Waals surface area (Å²) >= 11 is 0. The fourth-order valence-electron chi connectivity index (χ4n) is 0.442. The molecule has 0 unspecified atom stereocenters. The third-order valence-corrected chi connectivity index (χ3v) is 1.78. The summed E-state index contributed by atoms with van der Waals surface area (Å²) in [7, 11) is -3.02. The smallest absolute Gasteiger partial charge is 0.149 e. The summed E-state index contributed by atoms with van der Waals surface area (Å²) in [6, 6.07) is -0.639. The van der Waals surface area contributed by atoms with Gasteiger partial charge in [-0.25, -0.2) is 8.42 Å². The highest BCUT2D eigenvalue weighted by Crippen LogP contribution is 1.85. The predicted octanol–water partition coefficient (Wildman–Crippen LogP) is -1.23. The van der Waals surface area contributed by atoms with Crippen molar-refractivity contribution >= 4 is 22.2 Å². The maximum Gasteiger partial charge on any atom is 0.149 e. The van der Waals surface area contributed by atoms with Crippen LogP contribution in [0.2, 0.25) is 0 Å². The van der Waals surface area contributed by atoms with Crippen LogP contribution in [0.3, 0.4) is 0 Å². The van der Waals surface area contributed by atoms with Gasteiger partial charge in [-0.2, -0.15) is 0 Å². The van der Waals surface area contributed by atoms with E-state index in [-0.39, 0.29) is 24.8 Å². The van der Waals surface area contributed by atoms with Gasteiger partial charge < -0.3 is 10.8 Å². The van der Waals surface area contributed by atoms with Gasteiger partial charge in [-0.05, 0) is 0 Å². The minimum atomic E-state index is -3.02. The van der Waals surface area contributed by atoms with Gasteiger partial charge in [-0.1, -0.05) is 0 Å². The Kier molecular flexibility index (Phi) is 6.27. The Morgan fingerprint density at radius 1 is 1.60 bits per heavy atom. The highest BCUT2D eigenvalue weighted by molar-refractivity contribution is 7.90. The summed E-state index contributed by atoms with van der Waals surface area (Å²) in [6.45, 7) is -0.285. The average Bonchev–Trinajstić information content (AvgIpc) is 1.62. The molecule has 10 heavy (non-hydrogen) atoms. The minimum Gasteiger partial charge on any atom is -0.395 e. The maximum atomic E-state index is 10.4. The van der Waals surface area contributed by atoms with E-state index in [1.165, 1.54) is 0 Å². The van der Waals surface area contributed by atoms with Gasteiger partial charge in [0, 0.05) is 12.3 Å². The maximum absolute atomic E-state index is 10.4. The van der Waals surface area contributed by atoms with Crippen molar-refractivity contribution in [1.29, 1.82) is 0 Å². The predicted molar refractivity (Wildman–Crippen MR) is 42.0 cm³/mol. The Labute approximate surface area is 66.7 Å². The van der Waals surface area contributed by atoms with E-state index in [1.54, 1.807) is 0 Å². The first-order chi connectivity index (χ1) is 3.95. The van der Waals surface area contributed by atoms with Crippen LogP contribution in [0.4, 0.5) is 0 Å². The largest absolute Gasteiger partial charge is 0.395 e. The third-order valence-electron chi connectivity index (χ3n) is 0.751. The number of sulfone groups is 1. The van der Waals surface area contributed by atoms with Crippen LogP contribution in [0.15, 0.2) is 0 Å². The monoisotopic (exact) mass is 189 g/mol. The van der Waals surface area contributed by atoms with Crippen molar-refractivity contribution < 1.29 is 13.5 Å². The summed E-state index contributed by atoms with van der Waals surface area (Å²) < 4.78 is 20.8.